The van der Waals surface area contributed by atoms with E-state index < -0.39 is 0 Å². The highest BCUT2D eigenvalue weighted by Gasteiger charge is 2.49. The van der Waals surface area contributed by atoms with E-state index in [2.05, 4.69) is 35.2 Å². The maximum Gasteiger partial charge on any atom is 0.0636 e. The number of likely N-dealkylation sites (tertiary alicyclic amines) is 1. The largest absolute Gasteiger partial charge is 0.392 e. The van der Waals surface area contributed by atoms with Crippen LogP contribution in [-0.4, -0.2) is 40.7 Å². The van der Waals surface area contributed by atoms with Crippen LogP contribution >= 0.6 is 11.8 Å². The van der Waals surface area contributed by atoms with Crippen LogP contribution in [0.2, 0.25) is 0 Å². The Bertz CT molecular complexity index is 375. The second kappa shape index (κ2) is 4.63. The Labute approximate surface area is 107 Å². The molecular formula is C14H19NOS. The van der Waals surface area contributed by atoms with Gasteiger partial charge in [0.15, 0.2) is 0 Å². The van der Waals surface area contributed by atoms with Gasteiger partial charge in [-0.3, -0.25) is 4.90 Å². The van der Waals surface area contributed by atoms with Crippen molar-refractivity contribution >= 4 is 11.8 Å². The zero-order valence-electron chi connectivity index (χ0n) is 10.0. The summed E-state index contributed by atoms with van der Waals surface area (Å²) in [5.74, 6) is 2.26. The maximum absolute atomic E-state index is 10.1. The van der Waals surface area contributed by atoms with Gasteiger partial charge in [-0.2, -0.15) is 11.8 Å². The highest BCUT2D eigenvalue weighted by molar-refractivity contribution is 7.99. The zero-order valence-corrected chi connectivity index (χ0v) is 10.8. The summed E-state index contributed by atoms with van der Waals surface area (Å²) in [6.07, 6.45) is 0.903. The molecule has 1 atom stereocenters. The molecule has 1 aromatic carbocycles. The molecule has 2 aliphatic rings. The van der Waals surface area contributed by atoms with Crippen LogP contribution in [0.5, 0.6) is 0 Å². The monoisotopic (exact) mass is 249 g/mol. The van der Waals surface area contributed by atoms with E-state index in [0.29, 0.717) is 0 Å². The summed E-state index contributed by atoms with van der Waals surface area (Å²) >= 11 is 2.00. The van der Waals surface area contributed by atoms with Gasteiger partial charge in [0.25, 0.3) is 0 Å². The fraction of sp³-hybridized carbons (Fsp3) is 0.571. The predicted octanol–water partition coefficient (Wildman–Crippen LogP) is 1.99. The SMILES string of the molecule is OC1CCSCC12CN(Cc1ccccc1)C2. The number of nitrogens with zero attached hydrogens (tertiary/aromatic N) is 1. The normalized spacial score (nSPS) is 27.9. The second-order valence-electron chi connectivity index (χ2n) is 5.35. The molecule has 1 N–H and O–H groups in total. The van der Waals surface area contributed by atoms with Crippen LogP contribution in [0.25, 0.3) is 0 Å². The molecule has 3 rings (SSSR count). The van der Waals surface area contributed by atoms with Gasteiger partial charge in [-0.15, -0.1) is 0 Å². The van der Waals surface area contributed by atoms with E-state index in [1.807, 2.05) is 11.8 Å². The van der Waals surface area contributed by atoms with Gasteiger partial charge in [-0.05, 0) is 17.7 Å². The van der Waals surface area contributed by atoms with Gasteiger partial charge in [0.2, 0.25) is 0 Å². The number of aliphatic hydroxyl groups is 1. The number of aliphatic hydroxyl groups excluding tert-OH is 1. The molecule has 1 spiro atoms. The van der Waals surface area contributed by atoms with Gasteiger partial charge in [0, 0.05) is 30.8 Å². The Morgan fingerprint density at radius 3 is 2.76 bits per heavy atom. The average molecular weight is 249 g/mol. The zero-order chi connectivity index (χ0) is 11.7. The van der Waals surface area contributed by atoms with Crippen molar-refractivity contribution in [3.8, 4) is 0 Å². The van der Waals surface area contributed by atoms with Gasteiger partial charge in [0.05, 0.1) is 6.10 Å². The van der Waals surface area contributed by atoms with Crippen LogP contribution in [0, 0.1) is 5.41 Å². The molecule has 2 fully saturated rings. The van der Waals surface area contributed by atoms with Gasteiger partial charge in [-0.25, -0.2) is 0 Å². The van der Waals surface area contributed by atoms with Crippen molar-refractivity contribution in [1.29, 1.82) is 0 Å². The summed E-state index contributed by atoms with van der Waals surface area (Å²) in [6.45, 7) is 3.16. The first-order valence-electron chi connectivity index (χ1n) is 6.31. The molecule has 2 nitrogen and oxygen atoms in total. The quantitative estimate of drug-likeness (QED) is 0.867. The van der Waals surface area contributed by atoms with E-state index >= 15 is 0 Å². The molecule has 0 radical (unpaired) electrons. The van der Waals surface area contributed by atoms with Gasteiger partial charge >= 0.3 is 0 Å². The predicted molar refractivity (Wildman–Crippen MR) is 72.1 cm³/mol. The fourth-order valence-corrected chi connectivity index (χ4v) is 4.29. The summed E-state index contributed by atoms with van der Waals surface area (Å²) in [6, 6.07) is 10.6. The van der Waals surface area contributed by atoms with Crippen molar-refractivity contribution in [3.63, 3.8) is 0 Å². The third-order valence-electron chi connectivity index (χ3n) is 3.96. The van der Waals surface area contributed by atoms with E-state index in [-0.39, 0.29) is 11.5 Å². The van der Waals surface area contributed by atoms with E-state index in [1.54, 1.807) is 0 Å². The topological polar surface area (TPSA) is 23.5 Å². The highest BCUT2D eigenvalue weighted by Crippen LogP contribution is 2.42. The molecule has 0 aromatic heterocycles. The molecule has 3 heteroatoms. The minimum absolute atomic E-state index is 0.0734. The van der Waals surface area contributed by atoms with Crippen LogP contribution in [0.1, 0.15) is 12.0 Å². The Morgan fingerprint density at radius 2 is 2.06 bits per heavy atom. The lowest BCUT2D eigenvalue weighted by Gasteiger charge is -2.54. The molecule has 0 saturated carbocycles. The fourth-order valence-electron chi connectivity index (χ4n) is 2.97. The average Bonchev–Trinajstić information content (AvgIpc) is 2.31. The molecule has 2 aliphatic heterocycles. The van der Waals surface area contributed by atoms with Crippen LogP contribution in [0.3, 0.4) is 0 Å². The molecule has 17 heavy (non-hydrogen) atoms. The first-order valence-corrected chi connectivity index (χ1v) is 7.46. The van der Waals surface area contributed by atoms with Gasteiger partial charge in [0.1, 0.15) is 0 Å². The van der Waals surface area contributed by atoms with E-state index in [9.17, 15) is 5.11 Å². The second-order valence-corrected chi connectivity index (χ2v) is 6.46. The lowest BCUT2D eigenvalue weighted by Crippen LogP contribution is -2.63. The van der Waals surface area contributed by atoms with Gasteiger partial charge < -0.3 is 5.11 Å². The number of hydrogen-bond acceptors (Lipinski definition) is 3. The Balaban J connectivity index is 1.57. The van der Waals surface area contributed by atoms with Crippen molar-refractivity contribution in [2.75, 3.05) is 24.6 Å². The molecule has 0 bridgehead atoms. The number of hydrogen-bond donors (Lipinski definition) is 1. The van der Waals surface area contributed by atoms with Crippen LogP contribution in [0.15, 0.2) is 30.3 Å². The summed E-state index contributed by atoms with van der Waals surface area (Å²) in [4.78, 5) is 2.45. The number of benzene rings is 1. The van der Waals surface area contributed by atoms with Crippen molar-refractivity contribution in [2.45, 2.75) is 19.1 Å². The number of thioether (sulfide) groups is 1. The smallest absolute Gasteiger partial charge is 0.0636 e. The van der Waals surface area contributed by atoms with Crippen LogP contribution in [0.4, 0.5) is 0 Å². The van der Waals surface area contributed by atoms with E-state index in [0.717, 1.165) is 37.6 Å². The van der Waals surface area contributed by atoms with Crippen LogP contribution < -0.4 is 0 Å². The van der Waals surface area contributed by atoms with E-state index in [4.69, 9.17) is 0 Å². The van der Waals surface area contributed by atoms with Crippen molar-refractivity contribution in [2.24, 2.45) is 5.41 Å². The molecule has 0 amide bonds. The first-order chi connectivity index (χ1) is 8.28. The maximum atomic E-state index is 10.1. The molecule has 1 unspecified atom stereocenters. The molecule has 2 saturated heterocycles. The third kappa shape index (κ3) is 2.24. The van der Waals surface area contributed by atoms with Crippen molar-refractivity contribution < 1.29 is 5.11 Å². The van der Waals surface area contributed by atoms with Crippen molar-refractivity contribution in [1.82, 2.24) is 4.90 Å². The third-order valence-corrected chi connectivity index (χ3v) is 5.26. The first kappa shape index (κ1) is 11.6. The number of rotatable bonds is 2. The lowest BCUT2D eigenvalue weighted by molar-refractivity contribution is -0.0837. The summed E-state index contributed by atoms with van der Waals surface area (Å²) in [5, 5.41) is 10.1. The van der Waals surface area contributed by atoms with E-state index in [1.165, 1.54) is 5.56 Å². The van der Waals surface area contributed by atoms with Crippen molar-refractivity contribution in [3.05, 3.63) is 35.9 Å². The Morgan fingerprint density at radius 1 is 1.29 bits per heavy atom. The molecule has 2 heterocycles. The standard InChI is InChI=1S/C14H19NOS/c16-13-6-7-17-11-14(13)9-15(10-14)8-12-4-2-1-3-5-12/h1-5,13,16H,6-11H2. The molecular weight excluding hydrogens is 230 g/mol. The lowest BCUT2D eigenvalue weighted by atomic mass is 9.75. The van der Waals surface area contributed by atoms with Gasteiger partial charge in [-0.1, -0.05) is 30.3 Å². The Hall–Kier alpha value is -0.510. The summed E-state index contributed by atoms with van der Waals surface area (Å²) in [7, 11) is 0. The Kier molecular flexibility index (Phi) is 3.16. The minimum Gasteiger partial charge on any atom is -0.392 e. The summed E-state index contributed by atoms with van der Waals surface area (Å²) in [5.41, 5.74) is 1.58. The summed E-state index contributed by atoms with van der Waals surface area (Å²) < 4.78 is 0. The molecule has 0 aliphatic carbocycles. The van der Waals surface area contributed by atoms with Crippen LogP contribution in [-0.2, 0) is 6.54 Å². The molecule has 1 aromatic rings. The molecule has 92 valence electrons. The highest BCUT2D eigenvalue weighted by atomic mass is 32.2. The minimum atomic E-state index is -0.0734.